The Hall–Kier alpha value is -0.520. The smallest absolute Gasteiger partial charge is 0.652 e. The summed E-state index contributed by atoms with van der Waals surface area (Å²) < 4.78 is 4.17. The summed E-state index contributed by atoms with van der Waals surface area (Å²) in [5, 5.41) is 16.7. The number of hydrogen-bond acceptors (Lipinski definition) is 5. The Morgan fingerprint density at radius 3 is 1.54 bits per heavy atom. The fraction of sp³-hybridized carbons (Fsp3) is 0.143. The van der Waals surface area contributed by atoms with E-state index in [1.54, 1.807) is 0 Å². The van der Waals surface area contributed by atoms with Gasteiger partial charge in [0.25, 0.3) is 0 Å². The number of esters is 1. The maximum absolute atomic E-state index is 9.75. The molecule has 0 aromatic heterocycles. The first-order chi connectivity index (χ1) is 5.50. The topological polar surface area (TPSA) is 89.5 Å². The summed E-state index contributed by atoms with van der Waals surface area (Å²) >= 11 is 0. The molecule has 0 aliphatic heterocycles. The summed E-state index contributed by atoms with van der Waals surface area (Å²) in [6.45, 7) is 10.5. The summed E-state index contributed by atoms with van der Waals surface area (Å²) in [7, 11) is 0. The second-order valence-electron chi connectivity index (χ2n) is 1.03. The molecule has 0 rings (SSSR count). The van der Waals surface area contributed by atoms with Crippen LogP contribution >= 0.6 is 0 Å². The van der Waals surface area contributed by atoms with Gasteiger partial charge in [0.1, 0.15) is 0 Å². The van der Waals surface area contributed by atoms with Crippen molar-refractivity contribution in [3.8, 4) is 0 Å². The first kappa shape index (κ1) is 22.9. The van der Waals surface area contributed by atoms with Gasteiger partial charge in [0.2, 0.25) is 0 Å². The van der Waals surface area contributed by atoms with E-state index in [-0.39, 0.29) is 43.7 Å². The first-order valence-corrected chi connectivity index (χ1v) is 2.66. The Labute approximate surface area is 107 Å². The van der Waals surface area contributed by atoms with E-state index in [9.17, 15) is 4.79 Å². The monoisotopic (exact) mass is 214 g/mol. The molecule has 70 valence electrons. The van der Waals surface area contributed by atoms with Gasteiger partial charge < -0.3 is 19.7 Å². The van der Waals surface area contributed by atoms with Crippen LogP contribution in [0.2, 0.25) is 0 Å². The van der Waals surface area contributed by atoms with Crippen molar-refractivity contribution in [3.63, 3.8) is 0 Å². The minimum absolute atomic E-state index is 0. The Bertz CT molecular complexity index is 142. The van der Waals surface area contributed by atoms with Gasteiger partial charge in [-0.1, -0.05) is 6.58 Å². The van der Waals surface area contributed by atoms with Crippen molar-refractivity contribution in [3.05, 3.63) is 26.0 Å². The van der Waals surface area contributed by atoms with E-state index in [4.69, 9.17) is 15.0 Å². The van der Waals surface area contributed by atoms with Crippen LogP contribution in [0.1, 0.15) is 6.92 Å². The third-order valence-electron chi connectivity index (χ3n) is 0.249. The van der Waals surface area contributed by atoms with Gasteiger partial charge in [-0.25, -0.2) is 0 Å². The van der Waals surface area contributed by atoms with Gasteiger partial charge in [-0.2, -0.15) is 0 Å². The molecule has 0 atom stereocenters. The summed E-state index contributed by atoms with van der Waals surface area (Å²) in [6, 6.07) is 0. The molecule has 0 spiro atoms. The summed E-state index contributed by atoms with van der Waals surface area (Å²) in [5.41, 5.74) is 0. The number of ether oxygens (including phenoxy) is 1. The average Bonchev–Trinajstić information content (AvgIpc) is 1.90. The molecule has 13 heavy (non-hydrogen) atoms. The van der Waals surface area contributed by atoms with Gasteiger partial charge in [-0.05, 0) is 6.16 Å². The Kier molecular flexibility index (Phi) is 39.6. The molecule has 0 saturated carbocycles. The second kappa shape index (κ2) is 22.5. The number of carbonyl (C=O) groups excluding carboxylic acids is 2. The van der Waals surface area contributed by atoms with Gasteiger partial charge in [-0.15, -0.1) is 13.2 Å². The van der Waals surface area contributed by atoms with Crippen LogP contribution in [-0.2, 0) is 9.53 Å². The number of rotatable bonds is 1. The zero-order valence-corrected chi connectivity index (χ0v) is 9.66. The van der Waals surface area contributed by atoms with E-state index in [0.717, 1.165) is 6.26 Å². The van der Waals surface area contributed by atoms with Crippen molar-refractivity contribution in [2.45, 2.75) is 6.92 Å². The van der Waals surface area contributed by atoms with Crippen molar-refractivity contribution in [2.24, 2.45) is 0 Å². The van der Waals surface area contributed by atoms with E-state index in [1.165, 1.54) is 6.92 Å². The van der Waals surface area contributed by atoms with Crippen LogP contribution in [0, 0.1) is 0 Å². The molecule has 0 aromatic carbocycles. The zero-order valence-electron chi connectivity index (χ0n) is 7.45. The first-order valence-electron chi connectivity index (χ1n) is 2.66. The minimum atomic E-state index is -2.33. The molecule has 0 bridgehead atoms. The van der Waals surface area contributed by atoms with E-state index in [2.05, 4.69) is 24.5 Å². The predicted octanol–water partition coefficient (Wildman–Crippen LogP) is -1.33. The molecule has 0 aromatic rings. The van der Waals surface area contributed by atoms with Gasteiger partial charge in [0.15, 0.2) is 0 Å². The van der Waals surface area contributed by atoms with Crippen LogP contribution in [0.15, 0.2) is 26.0 Å². The van der Waals surface area contributed by atoms with Crippen LogP contribution in [0.25, 0.3) is 0 Å². The van der Waals surface area contributed by atoms with Gasteiger partial charge in [0.05, 0.1) is 6.26 Å². The average molecular weight is 214 g/mol. The maximum Gasteiger partial charge on any atom is 2.00 e. The summed E-state index contributed by atoms with van der Waals surface area (Å²) in [6.07, 6.45) is -1.23. The van der Waals surface area contributed by atoms with Crippen LogP contribution in [-0.4, -0.2) is 49.9 Å². The SMILES string of the molecule is C=C.C=COC(C)=O.O=C([O-])[O-].[Ca+2]. The molecule has 0 fully saturated rings. The van der Waals surface area contributed by atoms with Crippen LogP contribution in [0.3, 0.4) is 0 Å². The van der Waals surface area contributed by atoms with Gasteiger partial charge in [0, 0.05) is 6.92 Å². The molecule has 0 heterocycles. The standard InChI is InChI=1S/C4H6O2.C2H4.CH2O3.Ca/c1-3-6-4(2)5;1-2;2-1(3)4;/h3H,1H2,2H3;1-2H2;(H2,2,3,4);/q;;;+2/p-2. The molecule has 0 unspecified atom stereocenters. The largest absolute Gasteiger partial charge is 2.00 e. The molecule has 5 nitrogen and oxygen atoms in total. The van der Waals surface area contributed by atoms with E-state index < -0.39 is 6.16 Å². The summed E-state index contributed by atoms with van der Waals surface area (Å²) in [5.74, 6) is -0.329. The van der Waals surface area contributed by atoms with Crippen LogP contribution < -0.4 is 10.2 Å². The Balaban J connectivity index is -0.0000000512. The van der Waals surface area contributed by atoms with Crippen molar-refractivity contribution in [2.75, 3.05) is 0 Å². The quantitative estimate of drug-likeness (QED) is 0.233. The third kappa shape index (κ3) is 168. The van der Waals surface area contributed by atoms with Gasteiger partial charge >= 0.3 is 43.7 Å². The van der Waals surface area contributed by atoms with Crippen LogP contribution in [0.4, 0.5) is 4.79 Å². The van der Waals surface area contributed by atoms with Crippen molar-refractivity contribution in [1.29, 1.82) is 0 Å². The summed E-state index contributed by atoms with van der Waals surface area (Å²) in [4.78, 5) is 18.1. The van der Waals surface area contributed by atoms with E-state index >= 15 is 0 Å². The predicted molar refractivity (Wildman–Crippen MR) is 44.4 cm³/mol. The molecule has 0 amide bonds. The van der Waals surface area contributed by atoms with E-state index in [0.29, 0.717) is 0 Å². The van der Waals surface area contributed by atoms with Crippen molar-refractivity contribution < 1.29 is 24.5 Å². The number of carboxylic acid groups (broad SMARTS) is 2. The number of hydrogen-bond donors (Lipinski definition) is 0. The molecule has 6 heteroatoms. The number of carbonyl (C=O) groups is 2. The van der Waals surface area contributed by atoms with E-state index in [1.807, 2.05) is 0 Å². The molecule has 0 radical (unpaired) electrons. The molecular formula is C7H10CaO5. The Morgan fingerprint density at radius 2 is 1.54 bits per heavy atom. The minimum Gasteiger partial charge on any atom is -0.652 e. The molecule has 0 N–H and O–H groups in total. The molecular weight excluding hydrogens is 204 g/mol. The second-order valence-corrected chi connectivity index (χ2v) is 1.03. The van der Waals surface area contributed by atoms with Crippen LogP contribution in [0.5, 0.6) is 0 Å². The fourth-order valence-corrected chi connectivity index (χ4v) is 0.117. The molecule has 0 saturated heterocycles. The normalized spacial score (nSPS) is 5.31. The Morgan fingerprint density at radius 1 is 1.31 bits per heavy atom. The van der Waals surface area contributed by atoms with Crippen molar-refractivity contribution in [1.82, 2.24) is 0 Å². The molecule has 0 aliphatic carbocycles. The van der Waals surface area contributed by atoms with Crippen molar-refractivity contribution >= 4 is 49.9 Å². The molecule has 0 aliphatic rings. The maximum atomic E-state index is 9.75. The fourth-order valence-electron chi connectivity index (χ4n) is 0.117. The third-order valence-corrected chi connectivity index (χ3v) is 0.249. The van der Waals surface area contributed by atoms with Gasteiger partial charge in [-0.3, -0.25) is 4.79 Å². The zero-order chi connectivity index (χ0) is 10.6.